The molecule has 1 amide bonds. The number of nitrogens with zero attached hydrogens (tertiary/aromatic N) is 4. The van der Waals surface area contributed by atoms with Crippen LogP contribution in [-0.2, 0) is 9.53 Å². The van der Waals surface area contributed by atoms with Crippen molar-refractivity contribution in [3.8, 4) is 0 Å². The summed E-state index contributed by atoms with van der Waals surface area (Å²) in [6.07, 6.45) is 3.45. The van der Waals surface area contributed by atoms with Gasteiger partial charge in [0.2, 0.25) is 11.8 Å². The zero-order chi connectivity index (χ0) is 20.0. The lowest BCUT2D eigenvalue weighted by atomic mass is 9.85. The van der Waals surface area contributed by atoms with E-state index in [4.69, 9.17) is 9.15 Å². The number of benzene rings is 1. The lowest BCUT2D eigenvalue weighted by molar-refractivity contribution is -0.136. The molecule has 3 heterocycles. The van der Waals surface area contributed by atoms with E-state index >= 15 is 0 Å². The molecule has 3 fully saturated rings. The average molecular weight is 400 g/mol. The van der Waals surface area contributed by atoms with Crippen LogP contribution in [0.15, 0.2) is 28.7 Å². The second-order valence-corrected chi connectivity index (χ2v) is 8.36. The number of carbonyl (C=O) groups excluding carboxylic acids is 1. The number of aromatic nitrogens is 2. The minimum Gasteiger partial charge on any atom is -0.408 e. The number of fused-ring (bicyclic) bond motifs is 1. The fraction of sp³-hybridized carbons (Fsp3) is 0.571. The maximum Gasteiger partial charge on any atom is 0.318 e. The van der Waals surface area contributed by atoms with Crippen LogP contribution in [0.1, 0.15) is 42.7 Å². The third-order valence-corrected chi connectivity index (χ3v) is 6.60. The van der Waals surface area contributed by atoms with E-state index in [1.165, 1.54) is 25.7 Å². The van der Waals surface area contributed by atoms with Gasteiger partial charge in [-0.2, -0.15) is 0 Å². The van der Waals surface area contributed by atoms with Crippen molar-refractivity contribution in [2.45, 2.75) is 31.2 Å². The van der Waals surface area contributed by atoms with Gasteiger partial charge in [0.25, 0.3) is 0 Å². The molecule has 0 N–H and O–H groups in total. The molecule has 2 aliphatic heterocycles. The van der Waals surface area contributed by atoms with Crippen molar-refractivity contribution in [2.75, 3.05) is 38.3 Å². The fourth-order valence-corrected chi connectivity index (χ4v) is 4.96. The van der Waals surface area contributed by atoms with Crippen molar-refractivity contribution in [1.29, 1.82) is 0 Å². The van der Waals surface area contributed by atoms with E-state index in [9.17, 15) is 9.18 Å². The van der Waals surface area contributed by atoms with Gasteiger partial charge in [-0.15, -0.1) is 5.10 Å². The van der Waals surface area contributed by atoms with Crippen molar-refractivity contribution < 1.29 is 18.3 Å². The first-order valence-corrected chi connectivity index (χ1v) is 10.3. The van der Waals surface area contributed by atoms with Crippen LogP contribution in [0.3, 0.4) is 0 Å². The number of anilines is 1. The molecule has 8 heteroatoms. The normalized spacial score (nSPS) is 26.6. The van der Waals surface area contributed by atoms with E-state index in [-0.39, 0.29) is 36.2 Å². The van der Waals surface area contributed by atoms with Crippen LogP contribution >= 0.6 is 0 Å². The molecule has 0 spiro atoms. The molecule has 1 aromatic carbocycles. The monoisotopic (exact) mass is 400 g/mol. The predicted molar refractivity (Wildman–Crippen MR) is 103 cm³/mol. The third-order valence-electron chi connectivity index (χ3n) is 6.60. The molecule has 1 saturated carbocycles. The molecule has 154 valence electrons. The highest BCUT2D eigenvalue weighted by Crippen LogP contribution is 2.46. The molecule has 7 nitrogen and oxygen atoms in total. The molecular formula is C21H25FN4O3. The van der Waals surface area contributed by atoms with Crippen molar-refractivity contribution in [1.82, 2.24) is 15.1 Å². The van der Waals surface area contributed by atoms with Crippen LogP contribution in [0.5, 0.6) is 0 Å². The van der Waals surface area contributed by atoms with Gasteiger partial charge in [0, 0.05) is 44.5 Å². The van der Waals surface area contributed by atoms with E-state index in [0.717, 1.165) is 30.8 Å². The van der Waals surface area contributed by atoms with Gasteiger partial charge in [0.1, 0.15) is 12.4 Å². The first-order chi connectivity index (χ1) is 14.1. The van der Waals surface area contributed by atoms with Crippen LogP contribution < -0.4 is 4.90 Å². The Balaban J connectivity index is 1.39. The Labute approximate surface area is 168 Å². The number of carbonyl (C=O) groups is 1. The van der Waals surface area contributed by atoms with E-state index < -0.39 is 0 Å². The first kappa shape index (κ1) is 18.5. The second kappa shape index (κ2) is 7.40. The molecule has 5 rings (SSSR count). The summed E-state index contributed by atoms with van der Waals surface area (Å²) < 4.78 is 24.9. The minimum atomic E-state index is -0.290. The van der Waals surface area contributed by atoms with Crippen LogP contribution in [0, 0.1) is 17.7 Å². The highest BCUT2D eigenvalue weighted by atomic mass is 19.1. The number of hydrogen-bond acceptors (Lipinski definition) is 6. The summed E-state index contributed by atoms with van der Waals surface area (Å²) >= 11 is 0. The standard InChI is InChI=1S/C21H25FN4O3/c1-28-12-18(27)26-10-15-9-25(21-24-23-20(29-21)13-4-2-5-13)11-17(15)19(26)14-6-3-7-16(22)8-14/h3,6-8,13,15,17,19H,2,4-5,9-12H2,1H3/t15-,17-,19+/m1/s1. The zero-order valence-electron chi connectivity index (χ0n) is 16.5. The van der Waals surface area contributed by atoms with Gasteiger partial charge in [-0.3, -0.25) is 4.79 Å². The molecule has 2 saturated heterocycles. The summed E-state index contributed by atoms with van der Waals surface area (Å²) in [7, 11) is 1.52. The topological polar surface area (TPSA) is 71.7 Å². The third kappa shape index (κ3) is 3.29. The summed E-state index contributed by atoms with van der Waals surface area (Å²) in [4.78, 5) is 16.6. The van der Waals surface area contributed by atoms with Gasteiger partial charge >= 0.3 is 6.01 Å². The zero-order valence-corrected chi connectivity index (χ0v) is 16.5. The highest BCUT2D eigenvalue weighted by molar-refractivity contribution is 5.78. The summed E-state index contributed by atoms with van der Waals surface area (Å²) in [6, 6.07) is 6.94. The Morgan fingerprint density at radius 1 is 1.28 bits per heavy atom. The molecule has 3 aliphatic rings. The number of ether oxygens (including phenoxy) is 1. The summed E-state index contributed by atoms with van der Waals surface area (Å²) in [5.41, 5.74) is 0.824. The average Bonchev–Trinajstić information content (AvgIpc) is 3.34. The summed E-state index contributed by atoms with van der Waals surface area (Å²) in [6.45, 7) is 2.10. The number of hydrogen-bond donors (Lipinski definition) is 0. The smallest absolute Gasteiger partial charge is 0.318 e. The molecule has 0 unspecified atom stereocenters. The summed E-state index contributed by atoms with van der Waals surface area (Å²) in [5.74, 6) is 1.23. The molecule has 2 aromatic rings. The van der Waals surface area contributed by atoms with Crippen molar-refractivity contribution in [2.24, 2.45) is 11.8 Å². The molecule has 3 atom stereocenters. The highest BCUT2D eigenvalue weighted by Gasteiger charge is 2.50. The molecule has 1 aromatic heterocycles. The first-order valence-electron chi connectivity index (χ1n) is 10.3. The van der Waals surface area contributed by atoms with Gasteiger partial charge in [-0.1, -0.05) is 23.7 Å². The quantitative estimate of drug-likeness (QED) is 0.769. The molecule has 29 heavy (non-hydrogen) atoms. The number of likely N-dealkylation sites (tertiary alicyclic amines) is 1. The molecule has 0 bridgehead atoms. The lowest BCUT2D eigenvalue weighted by Crippen LogP contribution is -2.37. The predicted octanol–water partition coefficient (Wildman–Crippen LogP) is 2.76. The van der Waals surface area contributed by atoms with Crippen molar-refractivity contribution in [3.63, 3.8) is 0 Å². The maximum atomic E-state index is 13.9. The lowest BCUT2D eigenvalue weighted by Gasteiger charge is -2.29. The van der Waals surface area contributed by atoms with E-state index in [0.29, 0.717) is 25.0 Å². The Kier molecular flexibility index (Phi) is 4.73. The Morgan fingerprint density at radius 2 is 2.14 bits per heavy atom. The van der Waals surface area contributed by atoms with Crippen LogP contribution in [-0.4, -0.2) is 54.4 Å². The van der Waals surface area contributed by atoms with E-state index in [2.05, 4.69) is 15.1 Å². The van der Waals surface area contributed by atoms with E-state index in [1.807, 2.05) is 11.0 Å². The summed E-state index contributed by atoms with van der Waals surface area (Å²) in [5, 5.41) is 8.52. The number of amides is 1. The Hall–Kier alpha value is -2.48. The number of halogens is 1. The van der Waals surface area contributed by atoms with Gasteiger partial charge in [-0.05, 0) is 30.5 Å². The second-order valence-electron chi connectivity index (χ2n) is 8.36. The number of rotatable bonds is 5. The van der Waals surface area contributed by atoms with Gasteiger partial charge in [0.05, 0.1) is 6.04 Å². The Morgan fingerprint density at radius 3 is 2.86 bits per heavy atom. The largest absolute Gasteiger partial charge is 0.408 e. The molecule has 1 aliphatic carbocycles. The fourth-order valence-electron chi connectivity index (χ4n) is 4.96. The SMILES string of the molecule is COCC(=O)N1C[C@H]2CN(c3nnc(C4CCC4)o3)C[C@H]2[C@@H]1c1cccc(F)c1. The number of methoxy groups -OCH3 is 1. The Bertz CT molecular complexity index is 900. The van der Waals surface area contributed by atoms with Crippen LogP contribution in [0.25, 0.3) is 0 Å². The minimum absolute atomic E-state index is 0.0311. The van der Waals surface area contributed by atoms with Crippen LogP contribution in [0.2, 0.25) is 0 Å². The van der Waals surface area contributed by atoms with Crippen molar-refractivity contribution >= 4 is 11.9 Å². The van der Waals surface area contributed by atoms with Gasteiger partial charge < -0.3 is 19.0 Å². The molecule has 0 radical (unpaired) electrons. The van der Waals surface area contributed by atoms with E-state index in [1.54, 1.807) is 6.07 Å². The van der Waals surface area contributed by atoms with Crippen LogP contribution in [0.4, 0.5) is 10.4 Å². The maximum absolute atomic E-state index is 13.9. The van der Waals surface area contributed by atoms with Gasteiger partial charge in [-0.25, -0.2) is 4.39 Å². The van der Waals surface area contributed by atoms with Crippen molar-refractivity contribution in [3.05, 3.63) is 41.5 Å². The van der Waals surface area contributed by atoms with Gasteiger partial charge in [0.15, 0.2) is 0 Å². The molecular weight excluding hydrogens is 375 g/mol.